The first-order valence-corrected chi connectivity index (χ1v) is 38.5. The maximum atomic E-state index is 6.14. The summed E-state index contributed by atoms with van der Waals surface area (Å²) in [5.74, 6) is 0. The molecule has 0 radical (unpaired) electrons. The second kappa shape index (κ2) is 26.8. The molecule has 113 heavy (non-hydrogen) atoms. The molecule has 8 nitrogen and oxygen atoms in total. The summed E-state index contributed by atoms with van der Waals surface area (Å²) in [7, 11) is 0. The van der Waals surface area contributed by atoms with Crippen molar-refractivity contribution in [2.24, 2.45) is 0 Å². The SMILES string of the molecule is Clc1cccc(-c2cnc3c4ccccc4c4ccccc4c3n2)c1.c1ccc(-n2c3ccccc3c3cc(-c4ccc5c(c4)[nH]c4ccccc45)ccc32)cc1.c1ccc(-n2c3ccccc3c3cc(-c4ccc5c6ccccc6n(-c6cccc(-c7cnc8c9ccccc9c9ccccc9c8n7)c6)c5c4)ccc32)cc1. The van der Waals surface area contributed by atoms with Gasteiger partial charge in [-0.15, -0.1) is 0 Å². The van der Waals surface area contributed by atoms with E-state index in [9.17, 15) is 0 Å². The third-order valence-corrected chi connectivity index (χ3v) is 22.8. The molecule has 1 N–H and O–H groups in total. The molecule has 24 rings (SSSR count). The summed E-state index contributed by atoms with van der Waals surface area (Å²) >= 11 is 6.14. The van der Waals surface area contributed by atoms with Gasteiger partial charge >= 0.3 is 0 Å². The highest BCUT2D eigenvalue weighted by molar-refractivity contribution is 6.31. The summed E-state index contributed by atoms with van der Waals surface area (Å²) in [5.41, 5.74) is 25.2. The number of hydrogen-bond acceptors (Lipinski definition) is 4. The smallest absolute Gasteiger partial charge is 0.0979 e. The molecular formula is C104H65ClN8. The summed E-state index contributed by atoms with van der Waals surface area (Å²) in [4.78, 5) is 23.7. The molecule has 9 heteroatoms. The average molecular weight is 1460 g/mol. The highest BCUT2D eigenvalue weighted by Gasteiger charge is 2.21. The van der Waals surface area contributed by atoms with E-state index in [-0.39, 0.29) is 0 Å². The molecule has 0 saturated carbocycles. The zero-order chi connectivity index (χ0) is 74.6. The van der Waals surface area contributed by atoms with Crippen molar-refractivity contribution in [2.45, 2.75) is 0 Å². The van der Waals surface area contributed by atoms with Gasteiger partial charge in [0, 0.05) is 109 Å². The summed E-state index contributed by atoms with van der Waals surface area (Å²) < 4.78 is 7.12. The second-order valence-corrected chi connectivity index (χ2v) is 29.4. The Bertz CT molecular complexity index is 7900. The van der Waals surface area contributed by atoms with Gasteiger partial charge in [-0.2, -0.15) is 0 Å². The van der Waals surface area contributed by atoms with Crippen LogP contribution in [0.5, 0.6) is 0 Å². The maximum absolute atomic E-state index is 6.14. The van der Waals surface area contributed by atoms with Gasteiger partial charge in [0.1, 0.15) is 0 Å². The highest BCUT2D eigenvalue weighted by Crippen LogP contribution is 2.43. The van der Waals surface area contributed by atoms with Gasteiger partial charge in [0.05, 0.1) is 78.9 Å². The van der Waals surface area contributed by atoms with E-state index < -0.39 is 0 Å². The van der Waals surface area contributed by atoms with E-state index in [0.29, 0.717) is 5.02 Å². The lowest BCUT2D eigenvalue weighted by molar-refractivity contribution is 1.18. The molecule has 0 aliphatic carbocycles. The van der Waals surface area contributed by atoms with Crippen LogP contribution in [0.4, 0.5) is 0 Å². The first kappa shape index (κ1) is 65.3. The van der Waals surface area contributed by atoms with Crippen molar-refractivity contribution >= 4 is 164 Å². The number of aromatic amines is 1. The maximum Gasteiger partial charge on any atom is 0.0979 e. The van der Waals surface area contributed by atoms with Crippen molar-refractivity contribution in [3.05, 3.63) is 394 Å². The number of nitrogens with zero attached hydrogens (tertiary/aromatic N) is 7. The van der Waals surface area contributed by atoms with Gasteiger partial charge in [-0.3, -0.25) is 9.97 Å². The van der Waals surface area contributed by atoms with Gasteiger partial charge in [0.15, 0.2) is 0 Å². The zero-order valence-electron chi connectivity index (χ0n) is 61.0. The number of para-hydroxylation sites is 6. The lowest BCUT2D eigenvalue weighted by Crippen LogP contribution is -1.96. The van der Waals surface area contributed by atoms with Crippen molar-refractivity contribution in [3.63, 3.8) is 0 Å². The minimum absolute atomic E-state index is 0.697. The molecule has 0 aliphatic rings. The standard InChI is InChI=1S/C52H32N4.C30H20N2.C22H13ClN2/c1-2-14-36(15-3-1)55-48-24-11-9-20-41(48)45-30-33(26-28-49(45)55)34-25-27-42-40-19-8-10-23-47(40)56(50(42)31-34)37-16-12-13-35(29-37)46-32-53-51-43-21-6-4-17-38(43)39-18-5-7-22-44(39)52(51)54-46;1-2-8-22(9-3-1)32-29-13-7-5-11-25(29)26-18-20(15-17-30(26)32)21-14-16-24-23-10-4-6-12-27(23)31-28(24)19-21;23-15-7-5-6-14(12-15)20-13-24-21-18-10-3-1-8-16(18)17-9-2-4-11-19(17)22(21)25-20/h1-32H;1-19,31H;1-13H. The molecule has 6 aromatic heterocycles. The quantitative estimate of drug-likeness (QED) is 0.161. The van der Waals surface area contributed by atoms with Gasteiger partial charge in [0.25, 0.3) is 0 Å². The fourth-order valence-electron chi connectivity index (χ4n) is 17.5. The molecule has 0 aliphatic heterocycles. The largest absolute Gasteiger partial charge is 0.354 e. The van der Waals surface area contributed by atoms with Crippen LogP contribution >= 0.6 is 11.6 Å². The third kappa shape index (κ3) is 11.0. The van der Waals surface area contributed by atoms with E-state index in [4.69, 9.17) is 31.5 Å². The number of benzene rings is 18. The Hall–Kier alpha value is -14.8. The van der Waals surface area contributed by atoms with Crippen molar-refractivity contribution in [1.29, 1.82) is 0 Å². The fourth-order valence-corrected chi connectivity index (χ4v) is 17.6. The van der Waals surface area contributed by atoms with Gasteiger partial charge in [0.2, 0.25) is 0 Å². The number of aromatic nitrogens is 8. The number of halogens is 1. The van der Waals surface area contributed by atoms with Crippen LogP contribution in [0.25, 0.3) is 214 Å². The van der Waals surface area contributed by atoms with Crippen LogP contribution < -0.4 is 0 Å². The molecule has 0 atom stereocenters. The topological polar surface area (TPSA) is 82.1 Å². The minimum Gasteiger partial charge on any atom is -0.354 e. The van der Waals surface area contributed by atoms with E-state index in [0.717, 1.165) is 83.0 Å². The zero-order valence-corrected chi connectivity index (χ0v) is 61.7. The molecule has 0 saturated heterocycles. The molecule has 528 valence electrons. The Morgan fingerprint density at radius 1 is 0.204 bits per heavy atom. The molecule has 0 spiro atoms. The lowest BCUT2D eigenvalue weighted by atomic mass is 9.99. The van der Waals surface area contributed by atoms with Crippen LogP contribution in [0.15, 0.2) is 389 Å². The Morgan fingerprint density at radius 3 is 1.05 bits per heavy atom. The van der Waals surface area contributed by atoms with Gasteiger partial charge in [-0.1, -0.05) is 279 Å². The first-order chi connectivity index (χ1) is 56.0. The second-order valence-electron chi connectivity index (χ2n) is 29.0. The molecule has 18 aromatic carbocycles. The van der Waals surface area contributed by atoms with Gasteiger partial charge in [-0.05, 0) is 153 Å². The number of nitrogens with one attached hydrogen (secondary N) is 1. The Morgan fingerprint density at radius 2 is 0.549 bits per heavy atom. The van der Waals surface area contributed by atoms with E-state index in [2.05, 4.69) is 358 Å². The van der Waals surface area contributed by atoms with Crippen LogP contribution in [0.1, 0.15) is 0 Å². The van der Waals surface area contributed by atoms with Crippen molar-refractivity contribution in [2.75, 3.05) is 0 Å². The summed E-state index contributed by atoms with van der Waals surface area (Å²) in [5, 5.41) is 20.0. The van der Waals surface area contributed by atoms with Crippen molar-refractivity contribution in [3.8, 4) is 61.8 Å². The van der Waals surface area contributed by atoms with Gasteiger partial charge < -0.3 is 18.7 Å². The molecule has 0 unspecified atom stereocenters. The molecule has 24 aromatic rings. The molecule has 6 heterocycles. The number of rotatable bonds is 7. The van der Waals surface area contributed by atoms with Crippen LogP contribution in [0, 0.1) is 0 Å². The van der Waals surface area contributed by atoms with Crippen LogP contribution in [0.2, 0.25) is 5.02 Å². The fraction of sp³-hybridized carbons (Fsp3) is 0. The predicted molar refractivity (Wildman–Crippen MR) is 475 cm³/mol. The Balaban J connectivity index is 0.000000115. The van der Waals surface area contributed by atoms with Crippen LogP contribution in [0.3, 0.4) is 0 Å². The first-order valence-electron chi connectivity index (χ1n) is 38.2. The normalized spacial score (nSPS) is 11.8. The van der Waals surface area contributed by atoms with E-state index in [1.54, 1.807) is 0 Å². The summed E-state index contributed by atoms with van der Waals surface area (Å²) in [6.45, 7) is 0. The summed E-state index contributed by atoms with van der Waals surface area (Å²) in [6, 6.07) is 133. The average Bonchev–Trinajstić information content (AvgIpc) is 1.67. The van der Waals surface area contributed by atoms with E-state index in [1.165, 1.54) is 131 Å². The Kier molecular flexibility index (Phi) is 15.5. The number of hydrogen-bond donors (Lipinski definition) is 1. The highest BCUT2D eigenvalue weighted by atomic mass is 35.5. The molecule has 0 bridgehead atoms. The number of fused-ring (bicyclic) bond motifs is 24. The van der Waals surface area contributed by atoms with Crippen molar-refractivity contribution in [1.82, 2.24) is 38.6 Å². The van der Waals surface area contributed by atoms with Crippen molar-refractivity contribution < 1.29 is 0 Å². The van der Waals surface area contributed by atoms with Crippen LogP contribution in [-0.4, -0.2) is 38.6 Å². The summed E-state index contributed by atoms with van der Waals surface area (Å²) in [6.07, 6.45) is 3.76. The predicted octanol–water partition coefficient (Wildman–Crippen LogP) is 27.8. The molecular weight excluding hydrogens is 1400 g/mol. The Labute approximate surface area is 653 Å². The monoisotopic (exact) mass is 1460 g/mol. The third-order valence-electron chi connectivity index (χ3n) is 22.6. The number of H-pyrrole nitrogens is 1. The van der Waals surface area contributed by atoms with E-state index in [1.807, 2.05) is 48.8 Å². The molecule has 0 fully saturated rings. The van der Waals surface area contributed by atoms with E-state index >= 15 is 0 Å². The van der Waals surface area contributed by atoms with Gasteiger partial charge in [-0.25, -0.2) is 9.97 Å². The molecule has 0 amide bonds. The lowest BCUT2D eigenvalue weighted by Gasteiger charge is -2.12. The minimum atomic E-state index is 0.697. The van der Waals surface area contributed by atoms with Crippen LogP contribution in [-0.2, 0) is 0 Å².